The highest BCUT2D eigenvalue weighted by atomic mass is 32.1. The van der Waals surface area contributed by atoms with Gasteiger partial charge < -0.3 is 15.0 Å². The van der Waals surface area contributed by atoms with Gasteiger partial charge in [0.25, 0.3) is 0 Å². The number of amides is 1. The minimum Gasteiger partial charge on any atom is -0.493 e. The fraction of sp³-hybridized carbons (Fsp3) is 0.444. The average molecular weight is 343 g/mol. The summed E-state index contributed by atoms with van der Waals surface area (Å²) in [6.07, 6.45) is 4.69. The van der Waals surface area contributed by atoms with Crippen LogP contribution in [-0.2, 0) is 11.2 Å². The van der Waals surface area contributed by atoms with E-state index in [0.717, 1.165) is 36.7 Å². The van der Waals surface area contributed by atoms with Crippen molar-refractivity contribution in [3.8, 4) is 5.75 Å². The first-order valence-corrected chi connectivity index (χ1v) is 9.34. The van der Waals surface area contributed by atoms with E-state index in [1.165, 1.54) is 5.56 Å². The van der Waals surface area contributed by atoms with Crippen LogP contribution in [0.25, 0.3) is 0 Å². The number of benzene rings is 1. The maximum absolute atomic E-state index is 12.6. The molecule has 5 nitrogen and oxygen atoms in total. The summed E-state index contributed by atoms with van der Waals surface area (Å²) in [6, 6.07) is 8.05. The number of nitrogens with zero attached hydrogens (tertiary/aromatic N) is 2. The predicted molar refractivity (Wildman–Crippen MR) is 94.6 cm³/mol. The van der Waals surface area contributed by atoms with Crippen molar-refractivity contribution in [3.05, 3.63) is 41.4 Å². The molecule has 0 bridgehead atoms. The van der Waals surface area contributed by atoms with Gasteiger partial charge in [-0.3, -0.25) is 4.79 Å². The van der Waals surface area contributed by atoms with Crippen LogP contribution < -0.4 is 15.0 Å². The van der Waals surface area contributed by atoms with Gasteiger partial charge in [0.1, 0.15) is 11.8 Å². The molecule has 3 heterocycles. The molecule has 1 aromatic carbocycles. The van der Waals surface area contributed by atoms with Crippen molar-refractivity contribution in [2.24, 2.45) is 5.92 Å². The zero-order valence-corrected chi connectivity index (χ0v) is 14.3. The number of carbonyl (C=O) groups is 1. The van der Waals surface area contributed by atoms with Crippen molar-refractivity contribution in [2.45, 2.75) is 25.3 Å². The fourth-order valence-corrected chi connectivity index (χ4v) is 4.23. The van der Waals surface area contributed by atoms with Crippen LogP contribution in [0, 0.1) is 5.92 Å². The SMILES string of the molecule is O=C(NC[C@@H]1COc2ccccc2C1)[C@H]1CCCN1c1nccs1. The lowest BCUT2D eigenvalue weighted by molar-refractivity contribution is -0.122. The Balaban J connectivity index is 1.34. The molecule has 126 valence electrons. The van der Waals surface area contributed by atoms with Gasteiger partial charge in [-0.05, 0) is 30.9 Å². The topological polar surface area (TPSA) is 54.5 Å². The van der Waals surface area contributed by atoms with E-state index in [4.69, 9.17) is 4.74 Å². The van der Waals surface area contributed by atoms with Crippen molar-refractivity contribution in [1.29, 1.82) is 0 Å². The standard InChI is InChI=1S/C18H21N3O2S/c22-17(15-5-3-8-21(15)18-19-7-9-24-18)20-11-13-10-14-4-1-2-6-16(14)23-12-13/h1-2,4,6-7,9,13,15H,3,5,8,10-12H2,(H,20,22)/t13-,15-/m1/s1. The summed E-state index contributed by atoms with van der Waals surface area (Å²) in [5.41, 5.74) is 1.23. The molecule has 2 aliphatic rings. The van der Waals surface area contributed by atoms with E-state index in [2.05, 4.69) is 21.3 Å². The molecule has 1 N–H and O–H groups in total. The smallest absolute Gasteiger partial charge is 0.242 e. The van der Waals surface area contributed by atoms with Crippen molar-refractivity contribution in [1.82, 2.24) is 10.3 Å². The zero-order valence-electron chi connectivity index (χ0n) is 13.5. The molecule has 2 aromatic rings. The maximum Gasteiger partial charge on any atom is 0.242 e. The molecule has 0 unspecified atom stereocenters. The summed E-state index contributed by atoms with van der Waals surface area (Å²) >= 11 is 1.59. The van der Waals surface area contributed by atoms with Crippen LogP contribution >= 0.6 is 11.3 Å². The summed E-state index contributed by atoms with van der Waals surface area (Å²) in [7, 11) is 0. The second-order valence-corrected chi connectivity index (χ2v) is 7.27. The Morgan fingerprint density at radius 2 is 2.33 bits per heavy atom. The molecular formula is C18H21N3O2S. The van der Waals surface area contributed by atoms with E-state index in [1.54, 1.807) is 17.5 Å². The number of nitrogens with one attached hydrogen (secondary N) is 1. The molecule has 0 saturated carbocycles. The molecule has 4 rings (SSSR count). The van der Waals surface area contributed by atoms with Crippen molar-refractivity contribution in [3.63, 3.8) is 0 Å². The highest BCUT2D eigenvalue weighted by Crippen LogP contribution is 2.28. The first-order valence-electron chi connectivity index (χ1n) is 8.46. The van der Waals surface area contributed by atoms with Crippen LogP contribution in [0.5, 0.6) is 5.75 Å². The molecule has 0 aliphatic carbocycles. The Labute approximate surface area is 145 Å². The van der Waals surface area contributed by atoms with Crippen LogP contribution in [-0.4, -0.2) is 36.6 Å². The monoisotopic (exact) mass is 343 g/mol. The van der Waals surface area contributed by atoms with Gasteiger partial charge >= 0.3 is 0 Å². The first kappa shape index (κ1) is 15.4. The van der Waals surface area contributed by atoms with E-state index in [-0.39, 0.29) is 11.9 Å². The van der Waals surface area contributed by atoms with Gasteiger partial charge in [0, 0.05) is 30.6 Å². The minimum atomic E-state index is -0.0899. The number of fused-ring (bicyclic) bond motifs is 1. The average Bonchev–Trinajstić information content (AvgIpc) is 3.30. The van der Waals surface area contributed by atoms with Gasteiger partial charge in [-0.2, -0.15) is 0 Å². The number of ether oxygens (including phenoxy) is 1. The van der Waals surface area contributed by atoms with Crippen LogP contribution in [0.1, 0.15) is 18.4 Å². The van der Waals surface area contributed by atoms with Gasteiger partial charge in [0.15, 0.2) is 5.13 Å². The van der Waals surface area contributed by atoms with Crippen LogP contribution in [0.2, 0.25) is 0 Å². The van der Waals surface area contributed by atoms with Crippen LogP contribution in [0.15, 0.2) is 35.8 Å². The third kappa shape index (κ3) is 3.11. The minimum absolute atomic E-state index is 0.0899. The number of thiazole rings is 1. The number of carbonyl (C=O) groups excluding carboxylic acids is 1. The quantitative estimate of drug-likeness (QED) is 0.927. The Bertz CT molecular complexity index is 704. The largest absolute Gasteiger partial charge is 0.493 e. The Morgan fingerprint density at radius 3 is 3.21 bits per heavy atom. The van der Waals surface area contributed by atoms with Gasteiger partial charge in [0.05, 0.1) is 6.61 Å². The van der Waals surface area contributed by atoms with E-state index in [9.17, 15) is 4.79 Å². The molecule has 2 atom stereocenters. The number of hydrogen-bond acceptors (Lipinski definition) is 5. The van der Waals surface area contributed by atoms with E-state index >= 15 is 0 Å². The Kier molecular flexibility index (Phi) is 4.38. The summed E-state index contributed by atoms with van der Waals surface area (Å²) in [5, 5.41) is 6.04. The zero-order chi connectivity index (χ0) is 16.4. The Hall–Kier alpha value is -2.08. The number of anilines is 1. The van der Waals surface area contributed by atoms with Gasteiger partial charge in [-0.1, -0.05) is 18.2 Å². The van der Waals surface area contributed by atoms with Gasteiger partial charge in [0.2, 0.25) is 5.91 Å². The maximum atomic E-state index is 12.6. The third-order valence-corrected chi connectivity index (χ3v) is 5.55. The highest BCUT2D eigenvalue weighted by molar-refractivity contribution is 7.13. The van der Waals surface area contributed by atoms with E-state index in [1.807, 2.05) is 23.6 Å². The molecule has 1 fully saturated rings. The lowest BCUT2D eigenvalue weighted by Crippen LogP contribution is -2.45. The highest BCUT2D eigenvalue weighted by Gasteiger charge is 2.32. The Morgan fingerprint density at radius 1 is 1.42 bits per heavy atom. The predicted octanol–water partition coefficient (Wildman–Crippen LogP) is 2.48. The molecular weight excluding hydrogens is 322 g/mol. The van der Waals surface area contributed by atoms with Crippen LogP contribution in [0.4, 0.5) is 5.13 Å². The van der Waals surface area contributed by atoms with Gasteiger partial charge in [-0.15, -0.1) is 11.3 Å². The van der Waals surface area contributed by atoms with Crippen molar-refractivity contribution >= 4 is 22.4 Å². The summed E-state index contributed by atoms with van der Waals surface area (Å²) in [4.78, 5) is 19.1. The van der Waals surface area contributed by atoms with E-state index < -0.39 is 0 Å². The number of rotatable bonds is 4. The second kappa shape index (κ2) is 6.81. The third-order valence-electron chi connectivity index (χ3n) is 4.74. The second-order valence-electron chi connectivity index (χ2n) is 6.40. The fourth-order valence-electron chi connectivity index (χ4n) is 3.51. The summed E-state index contributed by atoms with van der Waals surface area (Å²) < 4.78 is 5.80. The first-order chi connectivity index (χ1) is 11.8. The molecule has 2 aliphatic heterocycles. The van der Waals surface area contributed by atoms with Crippen LogP contribution in [0.3, 0.4) is 0 Å². The molecule has 1 amide bonds. The summed E-state index contributed by atoms with van der Waals surface area (Å²) in [6.45, 7) is 2.24. The summed E-state index contributed by atoms with van der Waals surface area (Å²) in [5.74, 6) is 1.42. The lowest BCUT2D eigenvalue weighted by Gasteiger charge is -2.27. The number of hydrogen-bond donors (Lipinski definition) is 1. The normalized spacial score (nSPS) is 22.8. The number of para-hydroxylation sites is 1. The molecule has 0 radical (unpaired) electrons. The number of aromatic nitrogens is 1. The van der Waals surface area contributed by atoms with E-state index in [0.29, 0.717) is 19.1 Å². The molecule has 1 saturated heterocycles. The van der Waals surface area contributed by atoms with Gasteiger partial charge in [-0.25, -0.2) is 4.98 Å². The van der Waals surface area contributed by atoms with Crippen molar-refractivity contribution in [2.75, 3.05) is 24.6 Å². The molecule has 1 aromatic heterocycles. The molecule has 0 spiro atoms. The molecule has 24 heavy (non-hydrogen) atoms. The lowest BCUT2D eigenvalue weighted by atomic mass is 9.96. The molecule has 6 heteroatoms. The van der Waals surface area contributed by atoms with Crippen molar-refractivity contribution < 1.29 is 9.53 Å².